The predicted molar refractivity (Wildman–Crippen MR) is 50.2 cm³/mol. The van der Waals surface area contributed by atoms with Crippen LogP contribution in [0.2, 0.25) is 0 Å². The molecule has 0 aliphatic heterocycles. The summed E-state index contributed by atoms with van der Waals surface area (Å²) in [5.41, 5.74) is -0.510. The van der Waals surface area contributed by atoms with Crippen LogP contribution in [0.4, 0.5) is 0 Å². The molecule has 0 fully saturated rings. The van der Waals surface area contributed by atoms with E-state index in [1.54, 1.807) is 0 Å². The Morgan fingerprint density at radius 1 is 1.38 bits per heavy atom. The van der Waals surface area contributed by atoms with Gasteiger partial charge in [0.05, 0.1) is 6.61 Å². The molecule has 3 N–H and O–H groups in total. The van der Waals surface area contributed by atoms with Gasteiger partial charge in [0.15, 0.2) is 0 Å². The van der Waals surface area contributed by atoms with Gasteiger partial charge < -0.3 is 15.5 Å². The molecule has 0 heterocycles. The van der Waals surface area contributed by atoms with Crippen molar-refractivity contribution >= 4 is 5.91 Å². The highest BCUT2D eigenvalue weighted by atomic mass is 16.3. The van der Waals surface area contributed by atoms with Gasteiger partial charge in [-0.15, -0.1) is 0 Å². The number of amides is 1. The van der Waals surface area contributed by atoms with Gasteiger partial charge >= 0.3 is 0 Å². The Labute approximate surface area is 79.0 Å². The number of aliphatic hydroxyl groups is 2. The van der Waals surface area contributed by atoms with Gasteiger partial charge in [0.25, 0.3) is 0 Å². The molecule has 0 saturated heterocycles. The second-order valence-corrected chi connectivity index (χ2v) is 3.37. The quantitative estimate of drug-likeness (QED) is 0.546. The molecule has 13 heavy (non-hydrogen) atoms. The minimum Gasteiger partial charge on any atom is -0.396 e. The molecule has 1 atom stereocenters. The summed E-state index contributed by atoms with van der Waals surface area (Å²) in [7, 11) is 0. The number of carbonyl (C=O) groups excluding carboxylic acids is 1. The molecule has 0 aromatic rings. The van der Waals surface area contributed by atoms with Crippen LogP contribution < -0.4 is 5.32 Å². The first-order chi connectivity index (χ1) is 6.10. The Bertz CT molecular complexity index is 161. The van der Waals surface area contributed by atoms with Gasteiger partial charge in [-0.2, -0.15) is 0 Å². The normalized spacial score (nSPS) is 15.1. The van der Waals surface area contributed by atoms with Crippen molar-refractivity contribution in [1.29, 1.82) is 0 Å². The van der Waals surface area contributed by atoms with Crippen molar-refractivity contribution in [3.05, 3.63) is 0 Å². The molecule has 0 aromatic carbocycles. The molecule has 0 aliphatic carbocycles. The number of rotatable bonds is 6. The van der Waals surface area contributed by atoms with E-state index in [1.165, 1.54) is 0 Å². The Balaban J connectivity index is 4.12. The topological polar surface area (TPSA) is 69.6 Å². The highest BCUT2D eigenvalue weighted by Crippen LogP contribution is 2.25. The fourth-order valence-electron chi connectivity index (χ4n) is 1.08. The van der Waals surface area contributed by atoms with Crippen LogP contribution in [0.3, 0.4) is 0 Å². The van der Waals surface area contributed by atoms with E-state index in [0.29, 0.717) is 12.8 Å². The van der Waals surface area contributed by atoms with Gasteiger partial charge in [0, 0.05) is 18.6 Å². The zero-order chi connectivity index (χ0) is 10.3. The number of carbonyl (C=O) groups is 1. The van der Waals surface area contributed by atoms with E-state index < -0.39 is 5.41 Å². The van der Waals surface area contributed by atoms with Crippen LogP contribution in [-0.2, 0) is 4.79 Å². The predicted octanol–water partition coefficient (Wildman–Crippen LogP) is -0.106. The second-order valence-electron chi connectivity index (χ2n) is 3.37. The van der Waals surface area contributed by atoms with Crippen molar-refractivity contribution in [2.75, 3.05) is 19.8 Å². The molecular formula is C9H19NO3. The molecular weight excluding hydrogens is 170 g/mol. The van der Waals surface area contributed by atoms with E-state index in [1.807, 2.05) is 13.8 Å². The molecule has 0 spiro atoms. The smallest absolute Gasteiger partial charge is 0.226 e. The number of hydrogen-bond acceptors (Lipinski definition) is 3. The van der Waals surface area contributed by atoms with Gasteiger partial charge in [0.1, 0.15) is 0 Å². The van der Waals surface area contributed by atoms with E-state index in [4.69, 9.17) is 10.2 Å². The number of nitrogens with one attached hydrogen (secondary N) is 1. The summed E-state index contributed by atoms with van der Waals surface area (Å²) in [6.45, 7) is 3.96. The average molecular weight is 189 g/mol. The van der Waals surface area contributed by atoms with E-state index in [9.17, 15) is 4.79 Å². The van der Waals surface area contributed by atoms with Crippen molar-refractivity contribution in [2.24, 2.45) is 5.41 Å². The lowest BCUT2D eigenvalue weighted by atomic mass is 9.83. The maximum absolute atomic E-state index is 11.5. The molecule has 1 amide bonds. The summed E-state index contributed by atoms with van der Waals surface area (Å²) in [4.78, 5) is 11.5. The lowest BCUT2D eigenvalue weighted by molar-refractivity contribution is -0.131. The number of aliphatic hydroxyl groups excluding tert-OH is 2. The third kappa shape index (κ3) is 3.74. The van der Waals surface area contributed by atoms with Crippen LogP contribution in [0.5, 0.6) is 0 Å². The van der Waals surface area contributed by atoms with Gasteiger partial charge in [0.2, 0.25) is 5.91 Å². The van der Waals surface area contributed by atoms with Crippen LogP contribution in [-0.4, -0.2) is 35.9 Å². The lowest BCUT2D eigenvalue weighted by Crippen LogP contribution is -2.40. The van der Waals surface area contributed by atoms with E-state index in [0.717, 1.165) is 0 Å². The fraction of sp³-hybridized carbons (Fsp3) is 0.889. The van der Waals surface area contributed by atoms with E-state index in [-0.39, 0.29) is 25.7 Å². The lowest BCUT2D eigenvalue weighted by Gasteiger charge is -2.25. The average Bonchev–Trinajstić information content (AvgIpc) is 2.14. The highest BCUT2D eigenvalue weighted by Gasteiger charge is 2.29. The third-order valence-corrected chi connectivity index (χ3v) is 2.39. The summed E-state index contributed by atoms with van der Waals surface area (Å²) in [6.07, 6.45) is 1.14. The zero-order valence-electron chi connectivity index (χ0n) is 8.34. The van der Waals surface area contributed by atoms with Crippen LogP contribution >= 0.6 is 0 Å². The summed E-state index contributed by atoms with van der Waals surface area (Å²) >= 11 is 0. The monoisotopic (exact) mass is 189 g/mol. The Morgan fingerprint density at radius 3 is 2.38 bits per heavy atom. The maximum atomic E-state index is 11.5. The summed E-state index contributed by atoms with van der Waals surface area (Å²) < 4.78 is 0. The highest BCUT2D eigenvalue weighted by molar-refractivity contribution is 5.82. The number of hydrogen-bond donors (Lipinski definition) is 3. The van der Waals surface area contributed by atoms with Crippen molar-refractivity contribution in [3.63, 3.8) is 0 Å². The molecule has 1 unspecified atom stereocenters. The van der Waals surface area contributed by atoms with Gasteiger partial charge in [-0.3, -0.25) is 4.79 Å². The molecule has 0 saturated carbocycles. The summed E-state index contributed by atoms with van der Waals surface area (Å²) in [6, 6.07) is 0. The van der Waals surface area contributed by atoms with E-state index >= 15 is 0 Å². The Hall–Kier alpha value is -0.610. The van der Waals surface area contributed by atoms with Crippen LogP contribution in [0.1, 0.15) is 26.7 Å². The Kier molecular flexibility index (Phi) is 5.66. The summed E-state index contributed by atoms with van der Waals surface area (Å²) in [5, 5.41) is 19.9. The van der Waals surface area contributed by atoms with Crippen molar-refractivity contribution in [3.8, 4) is 0 Å². The molecule has 0 rings (SSSR count). The zero-order valence-corrected chi connectivity index (χ0v) is 8.34. The first-order valence-corrected chi connectivity index (χ1v) is 4.60. The molecule has 0 aliphatic rings. The molecule has 4 nitrogen and oxygen atoms in total. The second kappa shape index (κ2) is 5.94. The van der Waals surface area contributed by atoms with Crippen molar-refractivity contribution in [2.45, 2.75) is 26.7 Å². The third-order valence-electron chi connectivity index (χ3n) is 2.39. The minimum absolute atomic E-state index is 0.0108. The first-order valence-electron chi connectivity index (χ1n) is 4.60. The molecule has 4 heteroatoms. The SMILES string of the molecule is CCC(C)(CCO)C(=O)NCCO. The largest absolute Gasteiger partial charge is 0.396 e. The van der Waals surface area contributed by atoms with E-state index in [2.05, 4.69) is 5.32 Å². The van der Waals surface area contributed by atoms with Crippen molar-refractivity contribution < 1.29 is 15.0 Å². The minimum atomic E-state index is -0.510. The molecule has 0 bridgehead atoms. The van der Waals surface area contributed by atoms with Gasteiger partial charge in [-0.05, 0) is 12.8 Å². The standard InChI is InChI=1S/C9H19NO3/c1-3-9(2,4-6-11)8(13)10-5-7-12/h11-12H,3-7H2,1-2H3,(H,10,13). The molecule has 0 radical (unpaired) electrons. The Morgan fingerprint density at radius 2 is 2.00 bits per heavy atom. The van der Waals surface area contributed by atoms with Gasteiger partial charge in [-0.25, -0.2) is 0 Å². The van der Waals surface area contributed by atoms with Crippen molar-refractivity contribution in [1.82, 2.24) is 5.32 Å². The van der Waals surface area contributed by atoms with Crippen LogP contribution in [0.15, 0.2) is 0 Å². The molecule has 78 valence electrons. The molecule has 0 aromatic heterocycles. The van der Waals surface area contributed by atoms with Crippen LogP contribution in [0.25, 0.3) is 0 Å². The summed E-state index contributed by atoms with van der Waals surface area (Å²) in [5.74, 6) is -0.0990. The van der Waals surface area contributed by atoms with Crippen LogP contribution in [0, 0.1) is 5.41 Å². The van der Waals surface area contributed by atoms with Gasteiger partial charge in [-0.1, -0.05) is 13.8 Å². The maximum Gasteiger partial charge on any atom is 0.226 e. The fourth-order valence-corrected chi connectivity index (χ4v) is 1.08. The first kappa shape index (κ1) is 12.4.